The first kappa shape index (κ1) is 18.3. The molecule has 0 amide bonds. The van der Waals surface area contributed by atoms with Crippen molar-refractivity contribution in [2.45, 2.75) is 38.6 Å². The molecule has 0 spiro atoms. The van der Waals surface area contributed by atoms with Crippen LogP contribution in [0.1, 0.15) is 25.8 Å². The van der Waals surface area contributed by atoms with E-state index in [0.717, 1.165) is 12.0 Å². The fourth-order valence-electron chi connectivity index (χ4n) is 2.41. The van der Waals surface area contributed by atoms with Crippen molar-refractivity contribution < 1.29 is 18.7 Å². The van der Waals surface area contributed by atoms with Crippen molar-refractivity contribution in [3.63, 3.8) is 0 Å². The molecule has 0 aromatic heterocycles. The zero-order valence-corrected chi connectivity index (χ0v) is 13.8. The Balaban J connectivity index is 0.00000106. The third kappa shape index (κ3) is 6.29. The van der Waals surface area contributed by atoms with E-state index >= 15 is 0 Å². The maximum atomic E-state index is 11.9. The number of ether oxygens (including phenoxy) is 1. The lowest BCUT2D eigenvalue weighted by Crippen LogP contribution is -2.22. The summed E-state index contributed by atoms with van der Waals surface area (Å²) in [4.78, 5) is 11.9. The summed E-state index contributed by atoms with van der Waals surface area (Å²) in [6.07, 6.45) is 0.956. The molecule has 0 radical (unpaired) electrons. The Morgan fingerprint density at radius 3 is 2.48 bits per heavy atom. The number of rotatable bonds is 5. The van der Waals surface area contributed by atoms with Crippen LogP contribution in [0.3, 0.4) is 0 Å². The Morgan fingerprint density at radius 2 is 1.95 bits per heavy atom. The highest BCUT2D eigenvalue weighted by Gasteiger charge is 2.30. The third-order valence-electron chi connectivity index (χ3n) is 3.40. The largest absolute Gasteiger partial charge is 0.778 e. The Kier molecular flexibility index (Phi) is 7.57. The molecule has 1 aromatic rings. The van der Waals surface area contributed by atoms with E-state index in [2.05, 4.69) is 12.7 Å². The maximum absolute atomic E-state index is 11.9. The smallest absolute Gasteiger partial charge is 0.139 e. The zero-order valence-electron chi connectivity index (χ0n) is 12.9. The van der Waals surface area contributed by atoms with Crippen molar-refractivity contribution in [1.29, 1.82) is 0 Å². The van der Waals surface area contributed by atoms with Crippen LogP contribution in [-0.4, -0.2) is 25.9 Å². The molecule has 1 unspecified atom stereocenters. The lowest BCUT2D eigenvalue weighted by atomic mass is 10.0. The summed E-state index contributed by atoms with van der Waals surface area (Å²) in [6.45, 7) is 4.18. The lowest BCUT2D eigenvalue weighted by Gasteiger charge is -2.26. The van der Waals surface area contributed by atoms with Gasteiger partial charge in [0.1, 0.15) is 7.60 Å². The van der Waals surface area contributed by atoms with Gasteiger partial charge >= 0.3 is 0 Å². The average Bonchev–Trinajstić information content (AvgIpc) is 2.78. The van der Waals surface area contributed by atoms with E-state index in [9.17, 15) is 9.46 Å². The second-order valence-electron chi connectivity index (χ2n) is 5.25. The van der Waals surface area contributed by atoms with Crippen LogP contribution >= 0.6 is 7.60 Å². The molecule has 1 aromatic carbocycles. The summed E-state index contributed by atoms with van der Waals surface area (Å²) >= 11 is 0. The molecule has 1 aliphatic heterocycles. The predicted octanol–water partition coefficient (Wildman–Crippen LogP) is 2.14. The van der Waals surface area contributed by atoms with E-state index in [1.54, 1.807) is 12.1 Å². The molecule has 1 fully saturated rings. The van der Waals surface area contributed by atoms with Gasteiger partial charge in [-0.2, -0.15) is 0 Å². The molecule has 1 saturated heterocycles. The normalized spacial score (nSPS) is 27.6. The van der Waals surface area contributed by atoms with Gasteiger partial charge in [0.25, 0.3) is 0 Å². The quantitative estimate of drug-likeness (QED) is 0.842. The second-order valence-corrected chi connectivity index (χ2v) is 7.04. The maximum Gasteiger partial charge on any atom is 0.139 e. The minimum atomic E-state index is -3.84. The molecule has 120 valence electrons. The highest BCUT2D eigenvalue weighted by Crippen LogP contribution is 2.42. The fraction of sp³-hybridized carbons (Fsp3) is 0.600. The van der Waals surface area contributed by atoms with Crippen LogP contribution < -0.4 is 10.6 Å². The van der Waals surface area contributed by atoms with Gasteiger partial charge in [0, 0.05) is 6.16 Å². The van der Waals surface area contributed by atoms with Crippen LogP contribution in [0, 0.1) is 5.92 Å². The fourth-order valence-corrected chi connectivity index (χ4v) is 3.53. The van der Waals surface area contributed by atoms with Crippen LogP contribution in [0.25, 0.3) is 0 Å². The first-order valence-corrected chi connectivity index (χ1v) is 8.91. The highest BCUT2D eigenvalue weighted by atomic mass is 31.2. The van der Waals surface area contributed by atoms with Crippen LogP contribution in [-0.2, 0) is 20.0 Å². The molecular weight excluding hydrogens is 289 g/mol. The molecular formula is C15H25NO4P-. The summed E-state index contributed by atoms with van der Waals surface area (Å²) in [5.41, 5.74) is 5.24. The summed E-state index contributed by atoms with van der Waals surface area (Å²) in [6, 6.07) is 9.06. The van der Waals surface area contributed by atoms with Gasteiger partial charge in [-0.3, -0.25) is 0 Å². The van der Waals surface area contributed by atoms with Crippen LogP contribution in [0.5, 0.6) is 0 Å². The number of benzene rings is 1. The van der Waals surface area contributed by atoms with E-state index in [1.165, 1.54) is 7.05 Å². The third-order valence-corrected chi connectivity index (χ3v) is 4.69. The molecule has 4 atom stereocenters. The molecule has 2 N–H and O–H groups in total. The van der Waals surface area contributed by atoms with Gasteiger partial charge in [-0.1, -0.05) is 37.3 Å². The van der Waals surface area contributed by atoms with Gasteiger partial charge in [-0.05, 0) is 31.9 Å². The molecule has 5 nitrogen and oxygen atoms in total. The molecule has 2 rings (SSSR count). The Hall–Kier alpha value is -0.710. The van der Waals surface area contributed by atoms with Crippen molar-refractivity contribution in [3.8, 4) is 0 Å². The summed E-state index contributed by atoms with van der Waals surface area (Å²) < 4.78 is 22.6. The molecule has 21 heavy (non-hydrogen) atoms. The standard InChI is InChI=1S/C14H21O4P.CH5N/c1-11-8-12(2)18-14(11)9-17-19(15,16)10-13-6-4-3-5-7-13;1-2/h3-7,11-12,14H,8-10H2,1-2H3,(H,15,16);2H2,1H3/p-1/t11-,12+,14-;/m1./s1. The minimum Gasteiger partial charge on any atom is -0.778 e. The van der Waals surface area contributed by atoms with E-state index in [-0.39, 0.29) is 25.0 Å². The topological polar surface area (TPSA) is 84.6 Å². The number of hydrogen-bond donors (Lipinski definition) is 1. The Bertz CT molecular complexity index is 454. The van der Waals surface area contributed by atoms with Gasteiger partial charge in [0.2, 0.25) is 0 Å². The molecule has 6 heteroatoms. The zero-order chi connectivity index (χ0) is 15.9. The highest BCUT2D eigenvalue weighted by molar-refractivity contribution is 7.50. The first-order chi connectivity index (χ1) is 9.96. The van der Waals surface area contributed by atoms with Crippen molar-refractivity contribution >= 4 is 7.60 Å². The summed E-state index contributed by atoms with van der Waals surface area (Å²) in [5.74, 6) is 0.340. The van der Waals surface area contributed by atoms with E-state index in [1.807, 2.05) is 25.1 Å². The van der Waals surface area contributed by atoms with Crippen LogP contribution in [0.15, 0.2) is 30.3 Å². The summed E-state index contributed by atoms with van der Waals surface area (Å²) in [7, 11) is -2.34. The molecule has 0 bridgehead atoms. The Labute approximate surface area is 127 Å². The first-order valence-electron chi connectivity index (χ1n) is 7.18. The Morgan fingerprint density at radius 1 is 1.33 bits per heavy atom. The SMILES string of the molecule is CN.C[C@@H]1C[C@H](C)O[C@@H]1COP(=O)([O-])Cc1ccccc1. The monoisotopic (exact) mass is 314 g/mol. The molecule has 1 heterocycles. The van der Waals surface area contributed by atoms with Gasteiger partial charge in [0.05, 0.1) is 18.8 Å². The van der Waals surface area contributed by atoms with E-state index < -0.39 is 7.60 Å². The minimum absolute atomic E-state index is 0.0650. The lowest BCUT2D eigenvalue weighted by molar-refractivity contribution is -0.201. The van der Waals surface area contributed by atoms with E-state index in [0.29, 0.717) is 5.92 Å². The van der Waals surface area contributed by atoms with E-state index in [4.69, 9.17) is 9.26 Å². The van der Waals surface area contributed by atoms with Crippen molar-refractivity contribution in [2.75, 3.05) is 13.7 Å². The van der Waals surface area contributed by atoms with Gasteiger partial charge < -0.3 is 24.5 Å². The number of hydrogen-bond acceptors (Lipinski definition) is 5. The molecule has 0 saturated carbocycles. The van der Waals surface area contributed by atoms with Gasteiger partial charge in [0.15, 0.2) is 0 Å². The van der Waals surface area contributed by atoms with Crippen molar-refractivity contribution in [3.05, 3.63) is 35.9 Å². The van der Waals surface area contributed by atoms with Crippen molar-refractivity contribution in [1.82, 2.24) is 0 Å². The van der Waals surface area contributed by atoms with Crippen LogP contribution in [0.2, 0.25) is 0 Å². The van der Waals surface area contributed by atoms with Crippen LogP contribution in [0.4, 0.5) is 0 Å². The molecule has 1 aliphatic rings. The number of nitrogens with two attached hydrogens (primary N) is 1. The summed E-state index contributed by atoms with van der Waals surface area (Å²) in [5, 5.41) is 0. The van der Waals surface area contributed by atoms with Crippen molar-refractivity contribution in [2.24, 2.45) is 11.7 Å². The predicted molar refractivity (Wildman–Crippen MR) is 81.9 cm³/mol. The van der Waals surface area contributed by atoms with Gasteiger partial charge in [-0.25, -0.2) is 0 Å². The van der Waals surface area contributed by atoms with Gasteiger partial charge in [-0.15, -0.1) is 0 Å². The molecule has 0 aliphatic carbocycles. The average molecular weight is 314 g/mol. The second kappa shape index (κ2) is 8.66.